The first-order valence-electron chi connectivity index (χ1n) is 8.81. The lowest BCUT2D eigenvalue weighted by molar-refractivity contribution is 0.249. The minimum Gasteiger partial charge on any atom is -0.337 e. The quantitative estimate of drug-likeness (QED) is 0.777. The molecule has 1 aliphatic heterocycles. The van der Waals surface area contributed by atoms with Gasteiger partial charge in [0, 0.05) is 24.7 Å². The number of rotatable bonds is 5. The summed E-state index contributed by atoms with van der Waals surface area (Å²) in [7, 11) is -3.18. The van der Waals surface area contributed by atoms with Crippen LogP contribution in [0.15, 0.2) is 22.7 Å². The molecule has 1 aromatic heterocycles. The van der Waals surface area contributed by atoms with Crippen molar-refractivity contribution in [3.05, 3.63) is 41.3 Å². The number of nitrogens with one attached hydrogen (secondary N) is 2. The van der Waals surface area contributed by atoms with Gasteiger partial charge in [-0.2, -0.15) is 4.98 Å². The normalized spacial score (nSPS) is 16.1. The minimum atomic E-state index is -3.18. The van der Waals surface area contributed by atoms with E-state index < -0.39 is 21.9 Å². The van der Waals surface area contributed by atoms with E-state index in [9.17, 15) is 17.6 Å². The van der Waals surface area contributed by atoms with Crippen molar-refractivity contribution < 1.29 is 22.1 Å². The molecule has 0 bridgehead atoms. The molecule has 1 saturated heterocycles. The molecule has 1 fully saturated rings. The average molecular weight is 411 g/mol. The van der Waals surface area contributed by atoms with E-state index >= 15 is 0 Å². The zero-order valence-electron chi connectivity index (χ0n) is 15.6. The number of urea groups is 1. The molecule has 28 heavy (non-hydrogen) atoms. The van der Waals surface area contributed by atoms with Crippen LogP contribution in [0.5, 0.6) is 0 Å². The number of aryl methyl sites for hydroxylation is 1. The molecule has 0 unspecified atom stereocenters. The lowest BCUT2D eigenvalue weighted by Crippen LogP contribution is -2.37. The summed E-state index contributed by atoms with van der Waals surface area (Å²) in [6.45, 7) is 2.50. The Kier molecular flexibility index (Phi) is 5.94. The summed E-state index contributed by atoms with van der Waals surface area (Å²) >= 11 is 0. The average Bonchev–Trinajstić information content (AvgIpc) is 3.12. The van der Waals surface area contributed by atoms with Crippen LogP contribution in [-0.4, -0.2) is 48.2 Å². The largest absolute Gasteiger partial charge is 0.337 e. The number of aromatic nitrogens is 2. The maximum absolute atomic E-state index is 13.5. The molecule has 0 saturated carbocycles. The molecule has 0 aliphatic carbocycles. The Morgan fingerprint density at radius 2 is 2.07 bits per heavy atom. The first-order chi connectivity index (χ1) is 13.2. The molecule has 9 nitrogen and oxygen atoms in total. The second-order valence-electron chi connectivity index (χ2n) is 6.75. The smallest absolute Gasteiger partial charge is 0.319 e. The SMILES string of the molecule is Cc1ccc(NC(=O)NCc2nc(C3CCN(S(C)(=O)=O)CC3)no2)cc1F. The van der Waals surface area contributed by atoms with Gasteiger partial charge in [-0.3, -0.25) is 0 Å². The molecule has 2 N–H and O–H groups in total. The number of hydrogen-bond donors (Lipinski definition) is 2. The predicted molar refractivity (Wildman–Crippen MR) is 99.7 cm³/mol. The van der Waals surface area contributed by atoms with Crippen LogP contribution >= 0.6 is 0 Å². The Bertz CT molecular complexity index is 954. The monoisotopic (exact) mass is 411 g/mol. The highest BCUT2D eigenvalue weighted by Crippen LogP contribution is 2.26. The Morgan fingerprint density at radius 3 is 2.71 bits per heavy atom. The number of carbonyl (C=O) groups excluding carboxylic acids is 1. The molecule has 0 atom stereocenters. The number of sulfonamides is 1. The van der Waals surface area contributed by atoms with E-state index in [1.54, 1.807) is 19.1 Å². The number of anilines is 1. The van der Waals surface area contributed by atoms with Gasteiger partial charge in [-0.1, -0.05) is 11.2 Å². The zero-order chi connectivity index (χ0) is 20.3. The summed E-state index contributed by atoms with van der Waals surface area (Å²) in [5.41, 5.74) is 0.830. The summed E-state index contributed by atoms with van der Waals surface area (Å²) in [6.07, 6.45) is 2.42. The number of halogens is 1. The minimum absolute atomic E-state index is 0.0138. The van der Waals surface area contributed by atoms with E-state index in [0.717, 1.165) is 0 Å². The predicted octanol–water partition coefficient (Wildman–Crippen LogP) is 1.98. The fourth-order valence-corrected chi connectivity index (χ4v) is 3.83. The highest BCUT2D eigenvalue weighted by Gasteiger charge is 2.28. The summed E-state index contributed by atoms with van der Waals surface area (Å²) in [6, 6.07) is 3.89. The van der Waals surface area contributed by atoms with Crippen molar-refractivity contribution in [1.82, 2.24) is 19.8 Å². The molecule has 0 radical (unpaired) electrons. The number of hydrogen-bond acceptors (Lipinski definition) is 6. The molecule has 3 rings (SSSR count). The third-order valence-corrected chi connectivity index (χ3v) is 5.90. The molecular formula is C17H22FN5O4S. The fourth-order valence-electron chi connectivity index (χ4n) is 2.95. The Hall–Kier alpha value is -2.53. The molecule has 11 heteroatoms. The first kappa shape index (κ1) is 20.2. The molecule has 2 aromatic rings. The van der Waals surface area contributed by atoms with Crippen molar-refractivity contribution in [2.45, 2.75) is 32.2 Å². The van der Waals surface area contributed by atoms with Gasteiger partial charge in [0.1, 0.15) is 5.82 Å². The highest BCUT2D eigenvalue weighted by atomic mass is 32.2. The molecular weight excluding hydrogens is 389 g/mol. The van der Waals surface area contributed by atoms with Gasteiger partial charge >= 0.3 is 6.03 Å². The molecule has 0 spiro atoms. The summed E-state index contributed by atoms with van der Waals surface area (Å²) < 4.78 is 43.2. The van der Waals surface area contributed by atoms with E-state index in [4.69, 9.17) is 4.52 Å². The van der Waals surface area contributed by atoms with E-state index in [2.05, 4.69) is 20.8 Å². The van der Waals surface area contributed by atoms with Crippen LogP contribution in [0.2, 0.25) is 0 Å². The molecule has 152 valence electrons. The lowest BCUT2D eigenvalue weighted by atomic mass is 9.98. The first-order valence-corrected chi connectivity index (χ1v) is 10.7. The van der Waals surface area contributed by atoms with Crippen LogP contribution < -0.4 is 10.6 Å². The summed E-state index contributed by atoms with van der Waals surface area (Å²) in [4.78, 5) is 16.2. The van der Waals surface area contributed by atoms with Gasteiger partial charge in [0.25, 0.3) is 0 Å². The number of piperidine rings is 1. The van der Waals surface area contributed by atoms with Crippen molar-refractivity contribution in [2.24, 2.45) is 0 Å². The van der Waals surface area contributed by atoms with Crippen molar-refractivity contribution in [3.63, 3.8) is 0 Å². The van der Waals surface area contributed by atoms with Gasteiger partial charge in [0.2, 0.25) is 15.9 Å². The van der Waals surface area contributed by atoms with Crippen LogP contribution in [0.1, 0.15) is 36.0 Å². The van der Waals surface area contributed by atoms with E-state index in [1.807, 2.05) is 0 Å². The van der Waals surface area contributed by atoms with Crippen molar-refractivity contribution in [1.29, 1.82) is 0 Å². The molecule has 1 aromatic carbocycles. The van der Waals surface area contributed by atoms with Crippen molar-refractivity contribution in [2.75, 3.05) is 24.7 Å². The van der Waals surface area contributed by atoms with Crippen LogP contribution in [0.4, 0.5) is 14.9 Å². The van der Waals surface area contributed by atoms with E-state index in [0.29, 0.717) is 43.0 Å². The number of amides is 2. The third kappa shape index (κ3) is 5.04. The second kappa shape index (κ2) is 8.23. The molecule has 2 heterocycles. The van der Waals surface area contributed by atoms with E-state index in [-0.39, 0.29) is 18.4 Å². The second-order valence-corrected chi connectivity index (χ2v) is 8.74. The summed E-state index contributed by atoms with van der Waals surface area (Å²) in [5, 5.41) is 9.03. The maximum Gasteiger partial charge on any atom is 0.319 e. The summed E-state index contributed by atoms with van der Waals surface area (Å²) in [5.74, 6) is 0.359. The Morgan fingerprint density at radius 1 is 1.36 bits per heavy atom. The molecule has 1 aliphatic rings. The van der Waals surface area contributed by atoms with Gasteiger partial charge in [-0.25, -0.2) is 21.9 Å². The Labute approximate surface area is 162 Å². The van der Waals surface area contributed by atoms with Crippen LogP contribution in [0.3, 0.4) is 0 Å². The fraction of sp³-hybridized carbons (Fsp3) is 0.471. The zero-order valence-corrected chi connectivity index (χ0v) is 16.4. The maximum atomic E-state index is 13.5. The van der Waals surface area contributed by atoms with Gasteiger partial charge in [-0.05, 0) is 37.5 Å². The van der Waals surface area contributed by atoms with E-state index in [1.165, 1.54) is 16.6 Å². The van der Waals surface area contributed by atoms with Crippen LogP contribution in [0, 0.1) is 12.7 Å². The van der Waals surface area contributed by atoms with Crippen molar-refractivity contribution in [3.8, 4) is 0 Å². The molecule has 2 amide bonds. The lowest BCUT2D eigenvalue weighted by Gasteiger charge is -2.28. The van der Waals surface area contributed by atoms with Crippen LogP contribution in [-0.2, 0) is 16.6 Å². The Balaban J connectivity index is 1.49. The number of nitrogens with zero attached hydrogens (tertiary/aromatic N) is 3. The van der Waals surface area contributed by atoms with Gasteiger partial charge in [0.15, 0.2) is 5.82 Å². The topological polar surface area (TPSA) is 117 Å². The standard InChI is InChI=1S/C17H22FN5O4S/c1-11-3-4-13(9-14(11)18)20-17(24)19-10-15-21-16(22-27-15)12-5-7-23(8-6-12)28(2,25)26/h3-4,9,12H,5-8,10H2,1-2H3,(H2,19,20,24). The third-order valence-electron chi connectivity index (χ3n) is 4.60. The van der Waals surface area contributed by atoms with Crippen LogP contribution in [0.25, 0.3) is 0 Å². The number of carbonyl (C=O) groups is 1. The number of benzene rings is 1. The highest BCUT2D eigenvalue weighted by molar-refractivity contribution is 7.88. The van der Waals surface area contributed by atoms with Gasteiger partial charge in [-0.15, -0.1) is 0 Å². The van der Waals surface area contributed by atoms with Gasteiger partial charge < -0.3 is 15.2 Å². The van der Waals surface area contributed by atoms with Gasteiger partial charge in [0.05, 0.1) is 12.8 Å². The van der Waals surface area contributed by atoms with Crippen molar-refractivity contribution >= 4 is 21.7 Å².